The molecule has 0 spiro atoms. The van der Waals surface area contributed by atoms with Gasteiger partial charge in [-0.25, -0.2) is 4.98 Å². The van der Waals surface area contributed by atoms with Crippen LogP contribution in [0.4, 0.5) is 5.82 Å². The first kappa shape index (κ1) is 15.9. The molecule has 5 heteroatoms. The van der Waals surface area contributed by atoms with Crippen molar-refractivity contribution in [2.24, 2.45) is 0 Å². The number of nitrogens with zero attached hydrogens (tertiary/aromatic N) is 3. The summed E-state index contributed by atoms with van der Waals surface area (Å²) < 4.78 is 11.0. The highest BCUT2D eigenvalue weighted by molar-refractivity contribution is 5.94. The highest BCUT2D eigenvalue weighted by Gasteiger charge is 2.19. The summed E-state index contributed by atoms with van der Waals surface area (Å²) >= 11 is 0. The SMILES string of the molecule is CCN1CCN(c2cc(C)c3c(OC)ccc(OC)c3n2)CC1. The number of pyridine rings is 1. The number of piperazine rings is 1. The number of hydrogen-bond acceptors (Lipinski definition) is 5. The second-order valence-corrected chi connectivity index (χ2v) is 5.91. The van der Waals surface area contributed by atoms with E-state index in [1.54, 1.807) is 14.2 Å². The molecule has 0 atom stereocenters. The number of anilines is 1. The fourth-order valence-electron chi connectivity index (χ4n) is 3.25. The standard InChI is InChI=1S/C18H25N3O2/c1-5-20-8-10-21(11-9-20)16-12-13(2)17-14(22-3)6-7-15(23-4)18(17)19-16/h6-7,12H,5,8-11H2,1-4H3. The summed E-state index contributed by atoms with van der Waals surface area (Å²) in [6.07, 6.45) is 0. The number of likely N-dealkylation sites (N-methyl/N-ethyl adjacent to an activating group) is 1. The van der Waals surface area contributed by atoms with Gasteiger partial charge in [0.1, 0.15) is 22.8 Å². The molecule has 1 saturated heterocycles. The van der Waals surface area contributed by atoms with Gasteiger partial charge in [0.2, 0.25) is 0 Å². The summed E-state index contributed by atoms with van der Waals surface area (Å²) in [7, 11) is 3.38. The van der Waals surface area contributed by atoms with E-state index >= 15 is 0 Å². The van der Waals surface area contributed by atoms with E-state index in [0.29, 0.717) is 0 Å². The lowest BCUT2D eigenvalue weighted by Crippen LogP contribution is -2.46. The minimum absolute atomic E-state index is 0.790. The van der Waals surface area contributed by atoms with Crippen molar-refractivity contribution in [3.63, 3.8) is 0 Å². The van der Waals surface area contributed by atoms with Gasteiger partial charge in [0, 0.05) is 31.6 Å². The topological polar surface area (TPSA) is 37.8 Å². The normalized spacial score (nSPS) is 15.9. The van der Waals surface area contributed by atoms with E-state index in [1.807, 2.05) is 12.1 Å². The van der Waals surface area contributed by atoms with E-state index in [2.05, 4.69) is 29.7 Å². The number of aryl methyl sites for hydroxylation is 1. The van der Waals surface area contributed by atoms with Crippen LogP contribution in [0.5, 0.6) is 11.5 Å². The number of rotatable bonds is 4. The molecule has 1 aromatic heterocycles. The molecular formula is C18H25N3O2. The van der Waals surface area contributed by atoms with Crippen LogP contribution in [-0.4, -0.2) is 56.8 Å². The molecule has 1 fully saturated rings. The van der Waals surface area contributed by atoms with Crippen molar-refractivity contribution in [3.8, 4) is 11.5 Å². The highest BCUT2D eigenvalue weighted by atomic mass is 16.5. The van der Waals surface area contributed by atoms with Gasteiger partial charge in [-0.05, 0) is 37.2 Å². The van der Waals surface area contributed by atoms with Crippen LogP contribution < -0.4 is 14.4 Å². The maximum atomic E-state index is 5.51. The quantitative estimate of drug-likeness (QED) is 0.867. The Hall–Kier alpha value is -2.01. The third kappa shape index (κ3) is 2.93. The van der Waals surface area contributed by atoms with Crippen molar-refractivity contribution in [1.82, 2.24) is 9.88 Å². The average molecular weight is 315 g/mol. The first-order valence-electron chi connectivity index (χ1n) is 8.17. The van der Waals surface area contributed by atoms with Gasteiger partial charge in [0.25, 0.3) is 0 Å². The van der Waals surface area contributed by atoms with Crippen LogP contribution in [0.3, 0.4) is 0 Å². The van der Waals surface area contributed by atoms with Crippen LogP contribution in [0.15, 0.2) is 18.2 Å². The maximum Gasteiger partial charge on any atom is 0.145 e. The van der Waals surface area contributed by atoms with Gasteiger partial charge < -0.3 is 19.3 Å². The molecule has 124 valence electrons. The van der Waals surface area contributed by atoms with Crippen LogP contribution in [0.1, 0.15) is 12.5 Å². The van der Waals surface area contributed by atoms with Crippen molar-refractivity contribution >= 4 is 16.7 Å². The molecule has 1 aliphatic rings. The van der Waals surface area contributed by atoms with Gasteiger partial charge in [-0.2, -0.15) is 0 Å². The molecule has 0 radical (unpaired) electrons. The monoisotopic (exact) mass is 315 g/mol. The highest BCUT2D eigenvalue weighted by Crippen LogP contribution is 2.36. The van der Waals surface area contributed by atoms with Crippen LogP contribution >= 0.6 is 0 Å². The van der Waals surface area contributed by atoms with Gasteiger partial charge in [0.05, 0.1) is 14.2 Å². The first-order valence-corrected chi connectivity index (χ1v) is 8.17. The molecule has 0 unspecified atom stereocenters. The Labute approximate surface area is 137 Å². The number of hydrogen-bond donors (Lipinski definition) is 0. The fraction of sp³-hybridized carbons (Fsp3) is 0.500. The predicted octanol–water partition coefficient (Wildman–Crippen LogP) is 2.70. The zero-order chi connectivity index (χ0) is 16.4. The second-order valence-electron chi connectivity index (χ2n) is 5.91. The minimum atomic E-state index is 0.790. The summed E-state index contributed by atoms with van der Waals surface area (Å²) in [6, 6.07) is 6.02. The van der Waals surface area contributed by atoms with Crippen molar-refractivity contribution in [1.29, 1.82) is 0 Å². The molecule has 3 rings (SSSR count). The molecule has 23 heavy (non-hydrogen) atoms. The van der Waals surface area contributed by atoms with E-state index in [0.717, 1.165) is 60.9 Å². The Morgan fingerprint density at radius 2 is 1.70 bits per heavy atom. The van der Waals surface area contributed by atoms with Crippen LogP contribution in [0.25, 0.3) is 10.9 Å². The minimum Gasteiger partial charge on any atom is -0.496 e. The van der Waals surface area contributed by atoms with E-state index in [-0.39, 0.29) is 0 Å². The summed E-state index contributed by atoms with van der Waals surface area (Å²) in [5.41, 5.74) is 2.04. The summed E-state index contributed by atoms with van der Waals surface area (Å²) in [5.74, 6) is 2.66. The Balaban J connectivity index is 2.03. The molecule has 2 heterocycles. The van der Waals surface area contributed by atoms with Gasteiger partial charge in [0.15, 0.2) is 0 Å². The lowest BCUT2D eigenvalue weighted by atomic mass is 10.1. The molecule has 0 amide bonds. The zero-order valence-electron chi connectivity index (χ0n) is 14.4. The first-order chi connectivity index (χ1) is 11.2. The molecule has 0 N–H and O–H groups in total. The molecular weight excluding hydrogens is 290 g/mol. The van der Waals surface area contributed by atoms with Crippen molar-refractivity contribution in [2.45, 2.75) is 13.8 Å². The zero-order valence-corrected chi connectivity index (χ0v) is 14.4. The number of ether oxygens (including phenoxy) is 2. The Kier molecular flexibility index (Phi) is 4.57. The van der Waals surface area contributed by atoms with E-state index < -0.39 is 0 Å². The molecule has 0 saturated carbocycles. The number of benzene rings is 1. The average Bonchev–Trinajstić information content (AvgIpc) is 2.60. The largest absolute Gasteiger partial charge is 0.496 e. The van der Waals surface area contributed by atoms with E-state index in [4.69, 9.17) is 14.5 Å². The summed E-state index contributed by atoms with van der Waals surface area (Å²) in [4.78, 5) is 9.72. The van der Waals surface area contributed by atoms with Gasteiger partial charge in [-0.1, -0.05) is 6.92 Å². The summed E-state index contributed by atoms with van der Waals surface area (Å²) in [5, 5.41) is 1.03. The fourth-order valence-corrected chi connectivity index (χ4v) is 3.25. The number of aromatic nitrogens is 1. The lowest BCUT2D eigenvalue weighted by Gasteiger charge is -2.35. The Morgan fingerprint density at radius 1 is 1.04 bits per heavy atom. The van der Waals surface area contributed by atoms with Crippen LogP contribution in [0, 0.1) is 6.92 Å². The van der Waals surface area contributed by atoms with Crippen LogP contribution in [0.2, 0.25) is 0 Å². The van der Waals surface area contributed by atoms with Gasteiger partial charge in [-0.3, -0.25) is 0 Å². The third-order valence-corrected chi connectivity index (χ3v) is 4.65. The number of methoxy groups -OCH3 is 2. The molecule has 1 aromatic carbocycles. The van der Waals surface area contributed by atoms with E-state index in [9.17, 15) is 0 Å². The second kappa shape index (κ2) is 6.62. The van der Waals surface area contributed by atoms with Gasteiger partial charge >= 0.3 is 0 Å². The molecule has 2 aromatic rings. The van der Waals surface area contributed by atoms with Gasteiger partial charge in [-0.15, -0.1) is 0 Å². The lowest BCUT2D eigenvalue weighted by molar-refractivity contribution is 0.270. The third-order valence-electron chi connectivity index (χ3n) is 4.65. The molecule has 5 nitrogen and oxygen atoms in total. The van der Waals surface area contributed by atoms with Crippen molar-refractivity contribution < 1.29 is 9.47 Å². The maximum absolute atomic E-state index is 5.51. The smallest absolute Gasteiger partial charge is 0.145 e. The predicted molar refractivity (Wildman–Crippen MR) is 93.9 cm³/mol. The number of fused-ring (bicyclic) bond motifs is 1. The van der Waals surface area contributed by atoms with Crippen LogP contribution in [-0.2, 0) is 0 Å². The molecule has 1 aliphatic heterocycles. The van der Waals surface area contributed by atoms with E-state index in [1.165, 1.54) is 5.56 Å². The molecule has 0 aliphatic carbocycles. The van der Waals surface area contributed by atoms with Crippen molar-refractivity contribution in [3.05, 3.63) is 23.8 Å². The summed E-state index contributed by atoms with van der Waals surface area (Å²) in [6.45, 7) is 9.64. The Morgan fingerprint density at radius 3 is 2.30 bits per heavy atom. The Bertz CT molecular complexity index is 694. The van der Waals surface area contributed by atoms with Crippen molar-refractivity contribution in [2.75, 3.05) is 51.8 Å². The molecule has 0 bridgehead atoms.